The van der Waals surface area contributed by atoms with Gasteiger partial charge in [-0.3, -0.25) is 0 Å². The minimum Gasteiger partial charge on any atom is -0.391 e. The number of hydrogen-bond donors (Lipinski definition) is 2. The lowest BCUT2D eigenvalue weighted by atomic mass is 10.2. The monoisotopic (exact) mass is 191 g/mol. The van der Waals surface area contributed by atoms with Gasteiger partial charge in [-0.2, -0.15) is 5.26 Å². The van der Waals surface area contributed by atoms with E-state index in [1.807, 2.05) is 13.0 Å². The van der Waals surface area contributed by atoms with Crippen molar-refractivity contribution >= 4 is 5.69 Å². The van der Waals surface area contributed by atoms with Crippen LogP contribution in [0.1, 0.15) is 19.5 Å². The number of hydrogen-bond acceptors (Lipinski definition) is 4. The van der Waals surface area contributed by atoms with Crippen molar-refractivity contribution in [3.05, 3.63) is 24.0 Å². The van der Waals surface area contributed by atoms with Gasteiger partial charge in [0.05, 0.1) is 11.8 Å². The van der Waals surface area contributed by atoms with E-state index in [0.717, 1.165) is 0 Å². The molecule has 4 nitrogen and oxygen atoms in total. The lowest BCUT2D eigenvalue weighted by molar-refractivity contribution is 0.178. The van der Waals surface area contributed by atoms with Crippen LogP contribution < -0.4 is 5.32 Å². The van der Waals surface area contributed by atoms with Gasteiger partial charge < -0.3 is 10.4 Å². The van der Waals surface area contributed by atoms with Crippen LogP contribution in [-0.2, 0) is 0 Å². The molecule has 1 heterocycles. The second kappa shape index (κ2) is 4.58. The zero-order chi connectivity index (χ0) is 10.6. The molecule has 0 radical (unpaired) electrons. The van der Waals surface area contributed by atoms with Crippen LogP contribution in [0.4, 0.5) is 5.69 Å². The van der Waals surface area contributed by atoms with Crippen molar-refractivity contribution in [2.24, 2.45) is 0 Å². The fourth-order valence-corrected chi connectivity index (χ4v) is 0.977. The van der Waals surface area contributed by atoms with Crippen LogP contribution in [0.15, 0.2) is 18.3 Å². The van der Waals surface area contributed by atoms with Crippen molar-refractivity contribution in [2.45, 2.75) is 26.0 Å². The Bertz CT molecular complexity index is 343. The highest BCUT2D eigenvalue weighted by molar-refractivity contribution is 5.53. The molecule has 0 fully saturated rings. The molecule has 0 aliphatic rings. The SMILES string of the molecule is CC(O)C(C)Nc1cccnc1C#N. The highest BCUT2D eigenvalue weighted by atomic mass is 16.3. The molecule has 1 rings (SSSR count). The van der Waals surface area contributed by atoms with E-state index in [1.54, 1.807) is 25.3 Å². The van der Waals surface area contributed by atoms with Crippen molar-refractivity contribution in [1.29, 1.82) is 5.26 Å². The summed E-state index contributed by atoms with van der Waals surface area (Å²) in [6.45, 7) is 3.54. The van der Waals surface area contributed by atoms with Crippen molar-refractivity contribution in [2.75, 3.05) is 5.32 Å². The summed E-state index contributed by atoms with van der Waals surface area (Å²) in [6.07, 6.45) is 1.10. The third-order valence-corrected chi connectivity index (χ3v) is 2.02. The van der Waals surface area contributed by atoms with Gasteiger partial charge >= 0.3 is 0 Å². The fraction of sp³-hybridized carbons (Fsp3) is 0.400. The average Bonchev–Trinajstić information content (AvgIpc) is 2.18. The van der Waals surface area contributed by atoms with Crippen molar-refractivity contribution in [3.8, 4) is 6.07 Å². The number of anilines is 1. The van der Waals surface area contributed by atoms with E-state index in [0.29, 0.717) is 11.4 Å². The molecule has 2 N–H and O–H groups in total. The fourth-order valence-electron chi connectivity index (χ4n) is 0.977. The first-order chi connectivity index (χ1) is 6.65. The number of aliphatic hydroxyl groups is 1. The zero-order valence-corrected chi connectivity index (χ0v) is 8.23. The molecule has 14 heavy (non-hydrogen) atoms. The van der Waals surface area contributed by atoms with Gasteiger partial charge in [-0.15, -0.1) is 0 Å². The summed E-state index contributed by atoms with van der Waals surface area (Å²) in [5.41, 5.74) is 1.00. The van der Waals surface area contributed by atoms with Gasteiger partial charge in [0.15, 0.2) is 5.69 Å². The molecular formula is C10H13N3O. The molecule has 2 unspecified atom stereocenters. The summed E-state index contributed by atoms with van der Waals surface area (Å²) < 4.78 is 0. The second-order valence-corrected chi connectivity index (χ2v) is 3.18. The van der Waals surface area contributed by atoms with Crippen molar-refractivity contribution in [3.63, 3.8) is 0 Å². The summed E-state index contributed by atoms with van der Waals surface area (Å²) in [4.78, 5) is 3.90. The number of aliphatic hydroxyl groups excluding tert-OH is 1. The number of pyridine rings is 1. The largest absolute Gasteiger partial charge is 0.391 e. The molecule has 1 aromatic rings. The highest BCUT2D eigenvalue weighted by Crippen LogP contribution is 2.12. The van der Waals surface area contributed by atoms with Crippen LogP contribution in [-0.4, -0.2) is 22.2 Å². The Balaban J connectivity index is 2.82. The zero-order valence-electron chi connectivity index (χ0n) is 8.23. The third-order valence-electron chi connectivity index (χ3n) is 2.02. The van der Waals surface area contributed by atoms with Gasteiger partial charge in [0.1, 0.15) is 6.07 Å². The van der Waals surface area contributed by atoms with Gasteiger partial charge in [0.2, 0.25) is 0 Å². The van der Waals surface area contributed by atoms with Crippen LogP contribution in [0.3, 0.4) is 0 Å². The van der Waals surface area contributed by atoms with Gasteiger partial charge in [-0.1, -0.05) is 0 Å². The maximum atomic E-state index is 9.28. The topological polar surface area (TPSA) is 68.9 Å². The first-order valence-electron chi connectivity index (χ1n) is 4.45. The molecular weight excluding hydrogens is 178 g/mol. The first kappa shape index (κ1) is 10.5. The Morgan fingerprint density at radius 1 is 1.57 bits per heavy atom. The molecule has 0 aromatic carbocycles. The van der Waals surface area contributed by atoms with E-state index >= 15 is 0 Å². The van der Waals surface area contributed by atoms with Gasteiger partial charge in [0, 0.05) is 12.2 Å². The van der Waals surface area contributed by atoms with E-state index in [9.17, 15) is 5.11 Å². The number of nitriles is 1. The number of nitrogens with one attached hydrogen (secondary N) is 1. The normalized spacial score (nSPS) is 14.1. The van der Waals surface area contributed by atoms with Crippen LogP contribution in [0, 0.1) is 11.3 Å². The lowest BCUT2D eigenvalue weighted by Gasteiger charge is -2.17. The Morgan fingerprint density at radius 3 is 2.86 bits per heavy atom. The number of rotatable bonds is 3. The Hall–Kier alpha value is -1.60. The minimum absolute atomic E-state index is 0.105. The van der Waals surface area contributed by atoms with Gasteiger partial charge in [0.25, 0.3) is 0 Å². The number of nitrogens with zero attached hydrogens (tertiary/aromatic N) is 2. The molecule has 4 heteroatoms. The van der Waals surface area contributed by atoms with Crippen molar-refractivity contribution in [1.82, 2.24) is 4.98 Å². The van der Waals surface area contributed by atoms with Crippen molar-refractivity contribution < 1.29 is 5.11 Å². The molecule has 0 aliphatic heterocycles. The first-order valence-corrected chi connectivity index (χ1v) is 4.45. The summed E-state index contributed by atoms with van der Waals surface area (Å²) in [5.74, 6) is 0. The summed E-state index contributed by atoms with van der Waals surface area (Å²) in [5, 5.41) is 21.1. The van der Waals surface area contributed by atoms with E-state index in [-0.39, 0.29) is 6.04 Å². The standard InChI is InChI=1S/C10H13N3O/c1-7(8(2)14)13-9-4-3-5-12-10(9)6-11/h3-5,7-8,13-14H,1-2H3. The Labute approximate surface area is 83.2 Å². The maximum Gasteiger partial charge on any atom is 0.163 e. The van der Waals surface area contributed by atoms with Crippen LogP contribution >= 0.6 is 0 Å². The summed E-state index contributed by atoms with van der Waals surface area (Å²) in [7, 11) is 0. The van der Waals surface area contributed by atoms with E-state index in [4.69, 9.17) is 5.26 Å². The molecule has 0 amide bonds. The molecule has 0 bridgehead atoms. The van der Waals surface area contributed by atoms with Crippen LogP contribution in [0.2, 0.25) is 0 Å². The quantitative estimate of drug-likeness (QED) is 0.751. The predicted molar refractivity (Wildman–Crippen MR) is 53.7 cm³/mol. The minimum atomic E-state index is -0.471. The van der Waals surface area contributed by atoms with Gasteiger partial charge in [-0.25, -0.2) is 4.98 Å². The van der Waals surface area contributed by atoms with Crippen LogP contribution in [0.25, 0.3) is 0 Å². The molecule has 1 aromatic heterocycles. The molecule has 2 atom stereocenters. The maximum absolute atomic E-state index is 9.28. The second-order valence-electron chi connectivity index (χ2n) is 3.18. The summed E-state index contributed by atoms with van der Waals surface area (Å²) >= 11 is 0. The molecule has 0 saturated heterocycles. The Morgan fingerprint density at radius 2 is 2.29 bits per heavy atom. The predicted octanol–water partition coefficient (Wildman–Crippen LogP) is 1.13. The summed E-state index contributed by atoms with van der Waals surface area (Å²) in [6, 6.07) is 5.40. The van der Waals surface area contributed by atoms with E-state index < -0.39 is 6.10 Å². The molecule has 74 valence electrons. The lowest BCUT2D eigenvalue weighted by Crippen LogP contribution is -2.28. The van der Waals surface area contributed by atoms with E-state index in [1.165, 1.54) is 0 Å². The molecule has 0 saturated carbocycles. The molecule has 0 aliphatic carbocycles. The highest BCUT2D eigenvalue weighted by Gasteiger charge is 2.10. The van der Waals surface area contributed by atoms with Gasteiger partial charge in [-0.05, 0) is 26.0 Å². The smallest absolute Gasteiger partial charge is 0.163 e. The Kier molecular flexibility index (Phi) is 3.43. The van der Waals surface area contributed by atoms with E-state index in [2.05, 4.69) is 10.3 Å². The average molecular weight is 191 g/mol. The third kappa shape index (κ3) is 2.44. The van der Waals surface area contributed by atoms with Crippen LogP contribution in [0.5, 0.6) is 0 Å². The number of aromatic nitrogens is 1. The molecule has 0 spiro atoms.